The first-order valence-corrected chi connectivity index (χ1v) is 2.70. The number of hydrogen-bond donors (Lipinski definition) is 0. The average molecular weight is 127 g/mol. The van der Waals surface area contributed by atoms with Crippen molar-refractivity contribution in [3.8, 4) is 6.08 Å². The minimum atomic E-state index is -0.612. The van der Waals surface area contributed by atoms with Gasteiger partial charge in [-0.3, -0.25) is 0 Å². The maximum atomic E-state index is 10.3. The van der Waals surface area contributed by atoms with Crippen LogP contribution in [0.2, 0.25) is 0 Å². The second-order valence-corrected chi connectivity index (χ2v) is 2.06. The van der Waals surface area contributed by atoms with Gasteiger partial charge in [0.05, 0.1) is 0 Å². The van der Waals surface area contributed by atoms with E-state index in [2.05, 4.69) is 14.6 Å². The summed E-state index contributed by atoms with van der Waals surface area (Å²) in [6.45, 7) is 3.76. The van der Waals surface area contributed by atoms with Crippen LogP contribution in [0.25, 0.3) is 0 Å². The predicted octanol–water partition coefficient (Wildman–Crippen LogP) is 0.267. The van der Waals surface area contributed by atoms with Crippen molar-refractivity contribution >= 4 is 0 Å². The highest BCUT2D eigenvalue weighted by atomic mass is 16.5. The summed E-state index contributed by atoms with van der Waals surface area (Å²) in [5.41, 5.74) is 0. The molecule has 0 aliphatic heterocycles. The largest absolute Gasteiger partial charge is 0.551 e. The first kappa shape index (κ1) is 6.07. The minimum Gasteiger partial charge on any atom is -0.551 e. The molecule has 0 saturated heterocycles. The van der Waals surface area contributed by atoms with E-state index >= 15 is 0 Å². The Morgan fingerprint density at radius 1 is 1.44 bits per heavy atom. The minimum absolute atomic E-state index is 0.139. The highest BCUT2D eigenvalue weighted by molar-refractivity contribution is 4.86. The van der Waals surface area contributed by atoms with E-state index in [1.54, 1.807) is 0 Å². The van der Waals surface area contributed by atoms with Gasteiger partial charge in [-0.25, -0.2) is 0 Å². The second kappa shape index (κ2) is 2.05. The van der Waals surface area contributed by atoms with E-state index < -0.39 is 6.08 Å². The van der Waals surface area contributed by atoms with E-state index in [-0.39, 0.29) is 5.92 Å². The lowest BCUT2D eigenvalue weighted by atomic mass is 10.2. The number of aromatic nitrogens is 2. The monoisotopic (exact) mass is 127 g/mol. The van der Waals surface area contributed by atoms with Gasteiger partial charge in [-0.2, -0.15) is 0 Å². The molecule has 4 heteroatoms. The summed E-state index contributed by atoms with van der Waals surface area (Å²) in [7, 11) is 0. The van der Waals surface area contributed by atoms with Gasteiger partial charge in [0.1, 0.15) is 5.89 Å². The third-order valence-electron chi connectivity index (χ3n) is 0.916. The van der Waals surface area contributed by atoms with Gasteiger partial charge >= 0.3 is 0 Å². The van der Waals surface area contributed by atoms with Gasteiger partial charge in [-0.05, 0) is 0 Å². The molecule has 0 atom stereocenters. The van der Waals surface area contributed by atoms with E-state index in [0.717, 1.165) is 0 Å². The Morgan fingerprint density at radius 2 is 2.11 bits per heavy atom. The molecule has 0 aromatic carbocycles. The molecule has 4 nitrogen and oxygen atoms in total. The Hall–Kier alpha value is -1.06. The highest BCUT2D eigenvalue weighted by Crippen LogP contribution is 2.12. The van der Waals surface area contributed by atoms with Crippen molar-refractivity contribution in [2.24, 2.45) is 0 Å². The molecule has 0 N–H and O–H groups in total. The summed E-state index contributed by atoms with van der Waals surface area (Å²) in [6, 6.07) is 0. The molecule has 1 aromatic rings. The van der Waals surface area contributed by atoms with Gasteiger partial charge in [0.2, 0.25) is 0 Å². The van der Waals surface area contributed by atoms with Crippen LogP contribution in [0.3, 0.4) is 0 Å². The molecule has 0 unspecified atom stereocenters. The van der Waals surface area contributed by atoms with Crippen LogP contribution in [-0.4, -0.2) is 10.2 Å². The third kappa shape index (κ3) is 1.19. The lowest BCUT2D eigenvalue weighted by Crippen LogP contribution is -1.87. The van der Waals surface area contributed by atoms with Crippen LogP contribution >= 0.6 is 0 Å². The van der Waals surface area contributed by atoms with Gasteiger partial charge in [0, 0.05) is 5.92 Å². The van der Waals surface area contributed by atoms with E-state index in [0.29, 0.717) is 5.89 Å². The zero-order valence-electron chi connectivity index (χ0n) is 5.29. The predicted molar refractivity (Wildman–Crippen MR) is 27.8 cm³/mol. The van der Waals surface area contributed by atoms with E-state index in [1.165, 1.54) is 0 Å². The normalized spacial score (nSPS) is 10.6. The summed E-state index contributed by atoms with van der Waals surface area (Å²) < 4.78 is 4.57. The van der Waals surface area contributed by atoms with Crippen molar-refractivity contribution in [3.63, 3.8) is 0 Å². The smallest absolute Gasteiger partial charge is 0.180 e. The Balaban J connectivity index is 2.85. The molecule has 0 bridgehead atoms. The second-order valence-electron chi connectivity index (χ2n) is 2.06. The quantitative estimate of drug-likeness (QED) is 0.543. The van der Waals surface area contributed by atoms with Crippen molar-refractivity contribution < 1.29 is 9.52 Å². The summed E-state index contributed by atoms with van der Waals surface area (Å²) >= 11 is 0. The molecule has 0 aliphatic rings. The fourth-order valence-corrected chi connectivity index (χ4v) is 0.454. The maximum Gasteiger partial charge on any atom is 0.180 e. The van der Waals surface area contributed by atoms with Gasteiger partial charge in [-0.15, -0.1) is 10.2 Å². The van der Waals surface area contributed by atoms with Crippen LogP contribution in [0.1, 0.15) is 25.7 Å². The Bertz CT molecular complexity index is 195. The molecule has 1 rings (SSSR count). The van der Waals surface area contributed by atoms with Gasteiger partial charge in [0.15, 0.2) is 6.08 Å². The van der Waals surface area contributed by atoms with Crippen molar-refractivity contribution in [2.45, 2.75) is 19.8 Å². The van der Waals surface area contributed by atoms with E-state index in [4.69, 9.17) is 0 Å². The summed E-state index contributed by atoms with van der Waals surface area (Å²) in [5.74, 6) is 0.542. The molecule has 0 radical (unpaired) electrons. The molecule has 1 aromatic heterocycles. The molecule has 0 saturated carbocycles. The molecule has 1 heterocycles. The SMILES string of the molecule is CC(C)c1nnc([O-])o1. The summed E-state index contributed by atoms with van der Waals surface area (Å²) in [5, 5.41) is 16.9. The first-order valence-electron chi connectivity index (χ1n) is 2.70. The van der Waals surface area contributed by atoms with Crippen molar-refractivity contribution in [1.82, 2.24) is 10.2 Å². The first-order chi connectivity index (χ1) is 4.20. The van der Waals surface area contributed by atoms with Crippen molar-refractivity contribution in [1.29, 1.82) is 0 Å². The van der Waals surface area contributed by atoms with Crippen LogP contribution in [0.4, 0.5) is 0 Å². The summed E-state index contributed by atoms with van der Waals surface area (Å²) in [4.78, 5) is 0. The van der Waals surface area contributed by atoms with Gasteiger partial charge in [0.25, 0.3) is 0 Å². The lowest BCUT2D eigenvalue weighted by molar-refractivity contribution is -0.301. The van der Waals surface area contributed by atoms with Crippen molar-refractivity contribution in [3.05, 3.63) is 5.89 Å². The number of hydrogen-bond acceptors (Lipinski definition) is 4. The lowest BCUT2D eigenvalue weighted by Gasteiger charge is -1.98. The average Bonchev–Trinajstić information content (AvgIpc) is 2.14. The molecule has 0 amide bonds. The van der Waals surface area contributed by atoms with Gasteiger partial charge in [-0.1, -0.05) is 13.8 Å². The van der Waals surface area contributed by atoms with Crippen molar-refractivity contribution in [2.75, 3.05) is 0 Å². The maximum absolute atomic E-state index is 10.3. The zero-order chi connectivity index (χ0) is 6.85. The highest BCUT2D eigenvalue weighted by Gasteiger charge is 1.98. The summed E-state index contributed by atoms with van der Waals surface area (Å²) in [6.07, 6.45) is -0.612. The standard InChI is InChI=1S/C5H8N2O2/c1-3(2)4-6-7-5(8)9-4/h3H,1-2H3,(H,7,8)/p-1. The number of nitrogens with zero attached hydrogens (tertiary/aromatic N) is 2. The molecule has 9 heavy (non-hydrogen) atoms. The third-order valence-corrected chi connectivity index (χ3v) is 0.916. The van der Waals surface area contributed by atoms with E-state index in [9.17, 15) is 5.11 Å². The fraction of sp³-hybridized carbons (Fsp3) is 0.600. The fourth-order valence-electron chi connectivity index (χ4n) is 0.454. The molecule has 0 fully saturated rings. The molecule has 0 aliphatic carbocycles. The van der Waals surface area contributed by atoms with Gasteiger partial charge < -0.3 is 9.52 Å². The molecular weight excluding hydrogens is 120 g/mol. The zero-order valence-corrected chi connectivity index (χ0v) is 5.29. The molecule has 50 valence electrons. The Labute approximate surface area is 52.5 Å². The molecular formula is C5H7N2O2-. The molecule has 0 spiro atoms. The Kier molecular flexibility index (Phi) is 1.38. The van der Waals surface area contributed by atoms with Crippen LogP contribution in [0.15, 0.2) is 4.42 Å². The number of rotatable bonds is 1. The van der Waals surface area contributed by atoms with Crippen LogP contribution in [0.5, 0.6) is 6.08 Å². The Morgan fingerprint density at radius 3 is 2.33 bits per heavy atom. The van der Waals surface area contributed by atoms with E-state index in [1.807, 2.05) is 13.8 Å². The van der Waals surface area contributed by atoms with Crippen LogP contribution in [0, 0.1) is 0 Å². The van der Waals surface area contributed by atoms with Crippen LogP contribution < -0.4 is 5.11 Å². The topological polar surface area (TPSA) is 62.0 Å². The van der Waals surface area contributed by atoms with Crippen LogP contribution in [-0.2, 0) is 0 Å².